The van der Waals surface area contributed by atoms with Gasteiger partial charge in [-0.2, -0.15) is 0 Å². The van der Waals surface area contributed by atoms with Crippen molar-refractivity contribution in [2.45, 2.75) is 104 Å². The zero-order valence-corrected chi connectivity index (χ0v) is 24.1. The van der Waals surface area contributed by atoms with E-state index >= 15 is 0 Å². The quantitative estimate of drug-likeness (QED) is 0.343. The van der Waals surface area contributed by atoms with Gasteiger partial charge in [-0.3, -0.25) is 0 Å². The molecule has 4 fully saturated rings. The molecule has 4 N–H and O–H groups in total. The first kappa shape index (κ1) is 26.2. The lowest BCUT2D eigenvalue weighted by atomic mass is 9.62. The molecule has 4 saturated carbocycles. The number of hydrogen-bond acceptors (Lipinski definition) is 4. The molecule has 38 heavy (non-hydrogen) atoms. The van der Waals surface area contributed by atoms with Crippen molar-refractivity contribution in [2.24, 2.45) is 33.5 Å². The first-order valence-corrected chi connectivity index (χ1v) is 14.7. The van der Waals surface area contributed by atoms with Gasteiger partial charge in [-0.25, -0.2) is 0 Å². The zero-order valence-electron chi connectivity index (χ0n) is 24.1. The van der Waals surface area contributed by atoms with Crippen molar-refractivity contribution in [3.05, 3.63) is 47.5 Å². The maximum absolute atomic E-state index is 11.9. The van der Waals surface area contributed by atoms with Gasteiger partial charge in [0, 0.05) is 34.8 Å². The molecular formula is C34H46O4. The largest absolute Gasteiger partial charge is 0.507 e. The number of aromatic hydroxyl groups is 2. The van der Waals surface area contributed by atoms with Crippen molar-refractivity contribution in [2.75, 3.05) is 0 Å². The number of hydrogen-bond donors (Lipinski definition) is 4. The van der Waals surface area contributed by atoms with E-state index in [1.165, 1.54) is 0 Å². The monoisotopic (exact) mass is 518 g/mol. The molecule has 0 aromatic heterocycles. The summed E-state index contributed by atoms with van der Waals surface area (Å²) in [5, 5.41) is 46.8. The Morgan fingerprint density at radius 1 is 0.632 bits per heavy atom. The van der Waals surface area contributed by atoms with E-state index in [1.54, 1.807) is 0 Å². The molecule has 0 saturated heterocycles. The molecule has 6 rings (SSSR count). The predicted octanol–water partition coefficient (Wildman–Crippen LogP) is 7.00. The number of para-hydroxylation sites is 2. The Kier molecular flexibility index (Phi) is 5.37. The van der Waals surface area contributed by atoms with Gasteiger partial charge < -0.3 is 20.4 Å². The van der Waals surface area contributed by atoms with Crippen LogP contribution in [-0.4, -0.2) is 31.6 Å². The van der Waals surface area contributed by atoms with Gasteiger partial charge >= 0.3 is 0 Å². The highest BCUT2D eigenvalue weighted by atomic mass is 16.3. The molecule has 0 heterocycles. The SMILES string of the molecule is CC1(C)[C@@H]2CC[C@@]1(C)[C@@](O)(Cc1cccc(-c3cccc(C[C@@]4(O)C[C@H]5CC[C@]4(C)C5(C)C)c3O)c1O)C2. The fraction of sp³-hybridized carbons (Fsp3) is 0.647. The fourth-order valence-corrected chi connectivity index (χ4v) is 9.91. The smallest absolute Gasteiger partial charge is 0.126 e. The van der Waals surface area contributed by atoms with Crippen LogP contribution in [0.25, 0.3) is 11.1 Å². The second-order valence-corrected chi connectivity index (χ2v) is 15.0. The Bertz CT molecular complexity index is 1200. The summed E-state index contributed by atoms with van der Waals surface area (Å²) in [4.78, 5) is 0. The van der Waals surface area contributed by atoms with Gasteiger partial charge in [0.25, 0.3) is 0 Å². The molecule has 0 amide bonds. The van der Waals surface area contributed by atoms with E-state index in [9.17, 15) is 20.4 Å². The Morgan fingerprint density at radius 2 is 1.00 bits per heavy atom. The van der Waals surface area contributed by atoms with E-state index in [-0.39, 0.29) is 33.2 Å². The van der Waals surface area contributed by atoms with Crippen LogP contribution in [0.2, 0.25) is 0 Å². The standard InChI is InChI=1S/C34H46O4/c1-29(2)23-13-15-31(29,5)33(37,19-23)17-21-9-7-11-25(27(21)35)26-12-8-10-22(28(26)36)18-34(38)20-24-14-16-32(34,6)30(24,3)4/h7-12,23-24,35-38H,13-20H2,1-6H3/t23-,24-,31-,32-,33-,34-/m1/s1. The average Bonchev–Trinajstić information content (AvgIpc) is 3.32. The first-order chi connectivity index (χ1) is 17.6. The first-order valence-electron chi connectivity index (χ1n) is 14.7. The van der Waals surface area contributed by atoms with Gasteiger partial charge in [0.2, 0.25) is 0 Å². The summed E-state index contributed by atoms with van der Waals surface area (Å²) < 4.78 is 0. The van der Waals surface area contributed by atoms with Crippen LogP contribution >= 0.6 is 0 Å². The van der Waals surface area contributed by atoms with Gasteiger partial charge in [-0.05, 0) is 72.3 Å². The normalized spacial score (nSPS) is 40.2. The molecule has 0 spiro atoms. The van der Waals surface area contributed by atoms with Crippen LogP contribution in [0.15, 0.2) is 36.4 Å². The van der Waals surface area contributed by atoms with Gasteiger partial charge in [-0.1, -0.05) is 77.9 Å². The second-order valence-electron chi connectivity index (χ2n) is 15.0. The van der Waals surface area contributed by atoms with Crippen molar-refractivity contribution < 1.29 is 20.4 Å². The van der Waals surface area contributed by atoms with Crippen LogP contribution in [0.4, 0.5) is 0 Å². The van der Waals surface area contributed by atoms with Crippen molar-refractivity contribution in [1.29, 1.82) is 0 Å². The Labute approximate surface area is 228 Å². The molecule has 0 radical (unpaired) electrons. The predicted molar refractivity (Wildman–Crippen MR) is 151 cm³/mol. The third-order valence-corrected chi connectivity index (χ3v) is 13.6. The second kappa shape index (κ2) is 7.79. The topological polar surface area (TPSA) is 80.9 Å². The van der Waals surface area contributed by atoms with Crippen LogP contribution < -0.4 is 0 Å². The van der Waals surface area contributed by atoms with Crippen molar-refractivity contribution >= 4 is 0 Å². The zero-order chi connectivity index (χ0) is 27.5. The number of rotatable bonds is 5. The third kappa shape index (κ3) is 3.05. The maximum Gasteiger partial charge on any atom is 0.126 e. The molecule has 4 nitrogen and oxygen atoms in total. The van der Waals surface area contributed by atoms with Gasteiger partial charge in [0.15, 0.2) is 0 Å². The van der Waals surface area contributed by atoms with E-state index in [4.69, 9.17) is 0 Å². The van der Waals surface area contributed by atoms with Crippen molar-refractivity contribution in [3.63, 3.8) is 0 Å². The lowest BCUT2D eigenvalue weighted by Gasteiger charge is -2.45. The van der Waals surface area contributed by atoms with Crippen molar-refractivity contribution in [1.82, 2.24) is 0 Å². The summed E-state index contributed by atoms with van der Waals surface area (Å²) in [6, 6.07) is 11.3. The highest BCUT2D eigenvalue weighted by molar-refractivity contribution is 5.77. The van der Waals surface area contributed by atoms with Crippen LogP contribution in [-0.2, 0) is 12.8 Å². The minimum absolute atomic E-state index is 0.0622. The molecule has 2 aromatic carbocycles. The molecule has 0 unspecified atom stereocenters. The maximum atomic E-state index is 11.9. The average molecular weight is 519 g/mol. The van der Waals surface area contributed by atoms with Gasteiger partial charge in [0.05, 0.1) is 11.2 Å². The summed E-state index contributed by atoms with van der Waals surface area (Å²) in [6.07, 6.45) is 6.64. The van der Waals surface area contributed by atoms with Crippen molar-refractivity contribution in [3.8, 4) is 22.6 Å². The summed E-state index contributed by atoms with van der Waals surface area (Å²) >= 11 is 0. The summed E-state index contributed by atoms with van der Waals surface area (Å²) in [6.45, 7) is 13.6. The van der Waals surface area contributed by atoms with Crippen LogP contribution in [0.5, 0.6) is 11.5 Å². The fourth-order valence-electron chi connectivity index (χ4n) is 9.91. The third-order valence-electron chi connectivity index (χ3n) is 13.6. The number of phenols is 2. The van der Waals surface area contributed by atoms with E-state index in [0.717, 1.165) is 49.7 Å². The van der Waals surface area contributed by atoms with E-state index < -0.39 is 11.2 Å². The number of fused-ring (bicyclic) bond motifs is 4. The Hall–Kier alpha value is -2.04. The van der Waals surface area contributed by atoms with E-state index in [0.29, 0.717) is 35.8 Å². The Morgan fingerprint density at radius 3 is 1.29 bits per heavy atom. The molecule has 4 aliphatic rings. The molecule has 4 bridgehead atoms. The summed E-state index contributed by atoms with van der Waals surface area (Å²) in [5.41, 5.74) is 0.582. The minimum atomic E-state index is -0.868. The molecule has 0 aliphatic heterocycles. The lowest BCUT2D eigenvalue weighted by molar-refractivity contribution is -0.0890. The molecule has 6 atom stereocenters. The Balaban J connectivity index is 1.32. The van der Waals surface area contributed by atoms with Crippen LogP contribution in [0.3, 0.4) is 0 Å². The lowest BCUT2D eigenvalue weighted by Crippen LogP contribution is -2.48. The molecule has 2 aromatic rings. The molecular weight excluding hydrogens is 472 g/mol. The molecule has 4 aliphatic carbocycles. The molecule has 206 valence electrons. The summed E-state index contributed by atoms with van der Waals surface area (Å²) in [7, 11) is 0. The van der Waals surface area contributed by atoms with E-state index in [1.807, 2.05) is 36.4 Å². The number of aliphatic hydroxyl groups is 2. The van der Waals surface area contributed by atoms with Gasteiger partial charge in [0.1, 0.15) is 11.5 Å². The summed E-state index contributed by atoms with van der Waals surface area (Å²) in [5.74, 6) is 1.24. The molecule has 4 heteroatoms. The van der Waals surface area contributed by atoms with E-state index in [2.05, 4.69) is 41.5 Å². The number of benzene rings is 2. The number of phenolic OH excluding ortho intramolecular Hbond substituents is 2. The van der Waals surface area contributed by atoms with Crippen LogP contribution in [0.1, 0.15) is 91.2 Å². The highest BCUT2D eigenvalue weighted by Gasteiger charge is 2.69. The minimum Gasteiger partial charge on any atom is -0.507 e. The highest BCUT2D eigenvalue weighted by Crippen LogP contribution is 2.71. The van der Waals surface area contributed by atoms with Crippen LogP contribution in [0, 0.1) is 33.5 Å². The van der Waals surface area contributed by atoms with Gasteiger partial charge in [-0.15, -0.1) is 0 Å².